The summed E-state index contributed by atoms with van der Waals surface area (Å²) in [4.78, 5) is 57.2. The molecule has 29 heavy (non-hydrogen) atoms. The van der Waals surface area contributed by atoms with E-state index in [0.717, 1.165) is 16.2 Å². The van der Waals surface area contributed by atoms with Crippen LogP contribution in [0.3, 0.4) is 0 Å². The number of nitrogens with zero attached hydrogens (tertiary/aromatic N) is 3. The molecule has 1 aromatic heterocycles. The van der Waals surface area contributed by atoms with Crippen LogP contribution in [-0.4, -0.2) is 74.6 Å². The Labute approximate surface area is 177 Å². The van der Waals surface area contributed by atoms with Crippen molar-refractivity contribution >= 4 is 69.7 Å². The number of amides is 3. The normalized spacial score (nSPS) is 20.9. The van der Waals surface area contributed by atoms with Crippen LogP contribution < -0.4 is 10.6 Å². The third kappa shape index (κ3) is 4.36. The molecular weight excluding hydrogens is 446 g/mol. The van der Waals surface area contributed by atoms with E-state index in [1.165, 1.54) is 23.2 Å². The SMILES string of the molecule is O=CNc1nc(C(=NOCCCl)C(=O)NC2C(=O)N3C(C(=O)O)=CCS[C@@H]23)cs1. The summed E-state index contributed by atoms with van der Waals surface area (Å²) in [7, 11) is 0. The lowest BCUT2D eigenvalue weighted by Crippen LogP contribution is -2.70. The van der Waals surface area contributed by atoms with Gasteiger partial charge in [0.15, 0.2) is 10.8 Å². The smallest absolute Gasteiger partial charge is 0.352 e. The number of thioether (sulfide) groups is 1. The molecule has 1 fully saturated rings. The molecule has 154 valence electrons. The first-order valence-electron chi connectivity index (χ1n) is 8.09. The second kappa shape index (κ2) is 9.24. The number of hydrogen-bond acceptors (Lipinski definition) is 9. The summed E-state index contributed by atoms with van der Waals surface area (Å²) in [6.07, 6.45) is 1.89. The van der Waals surface area contributed by atoms with Gasteiger partial charge in [-0.2, -0.15) is 0 Å². The zero-order valence-corrected chi connectivity index (χ0v) is 16.9. The van der Waals surface area contributed by atoms with Crippen molar-refractivity contribution in [3.8, 4) is 0 Å². The number of oxime groups is 1. The van der Waals surface area contributed by atoms with Crippen LogP contribution in [0.5, 0.6) is 0 Å². The van der Waals surface area contributed by atoms with Gasteiger partial charge in [-0.05, 0) is 6.08 Å². The highest BCUT2D eigenvalue weighted by molar-refractivity contribution is 8.00. The predicted molar refractivity (Wildman–Crippen MR) is 106 cm³/mol. The average molecular weight is 460 g/mol. The zero-order valence-electron chi connectivity index (χ0n) is 14.5. The van der Waals surface area contributed by atoms with E-state index in [4.69, 9.17) is 16.4 Å². The van der Waals surface area contributed by atoms with Crippen molar-refractivity contribution in [1.82, 2.24) is 15.2 Å². The minimum Gasteiger partial charge on any atom is -0.477 e. The number of carboxylic acids is 1. The second-order valence-electron chi connectivity index (χ2n) is 5.54. The fraction of sp³-hybridized carbons (Fsp3) is 0.333. The van der Waals surface area contributed by atoms with Crippen molar-refractivity contribution in [2.75, 3.05) is 23.6 Å². The Kier molecular flexibility index (Phi) is 6.71. The largest absolute Gasteiger partial charge is 0.477 e. The van der Waals surface area contributed by atoms with Gasteiger partial charge in [0.1, 0.15) is 29.4 Å². The molecule has 2 atom stereocenters. The number of rotatable bonds is 9. The maximum absolute atomic E-state index is 12.8. The van der Waals surface area contributed by atoms with Crippen LogP contribution in [0.2, 0.25) is 0 Å². The van der Waals surface area contributed by atoms with Crippen molar-refractivity contribution < 1.29 is 29.1 Å². The van der Waals surface area contributed by atoms with Crippen LogP contribution >= 0.6 is 34.7 Å². The molecule has 3 rings (SSSR count). The van der Waals surface area contributed by atoms with Crippen LogP contribution in [0.4, 0.5) is 5.13 Å². The minimum atomic E-state index is -1.21. The molecule has 0 saturated carbocycles. The number of halogens is 1. The first-order chi connectivity index (χ1) is 14.0. The molecule has 1 unspecified atom stereocenters. The number of hydrogen-bond donors (Lipinski definition) is 3. The molecule has 0 aromatic carbocycles. The van der Waals surface area contributed by atoms with Gasteiger partial charge >= 0.3 is 5.97 Å². The number of β-lactam (4-membered cyclic amide) rings is 1. The number of carbonyl (C=O) groups excluding carboxylic acids is 3. The highest BCUT2D eigenvalue weighted by Crippen LogP contribution is 2.37. The summed E-state index contributed by atoms with van der Waals surface area (Å²) in [6.45, 7) is 0.0449. The molecule has 1 aromatic rings. The van der Waals surface area contributed by atoms with Crippen molar-refractivity contribution in [1.29, 1.82) is 0 Å². The molecule has 2 aliphatic heterocycles. The Bertz CT molecular complexity index is 904. The molecule has 0 radical (unpaired) electrons. The first kappa shape index (κ1) is 21.1. The highest BCUT2D eigenvalue weighted by Gasteiger charge is 2.53. The Hall–Kier alpha value is -2.64. The lowest BCUT2D eigenvalue weighted by Gasteiger charge is -2.48. The molecule has 3 amide bonds. The van der Waals surface area contributed by atoms with Crippen LogP contribution in [0.25, 0.3) is 0 Å². The molecule has 2 aliphatic rings. The molecule has 14 heteroatoms. The van der Waals surface area contributed by atoms with Gasteiger partial charge in [-0.25, -0.2) is 9.78 Å². The molecule has 11 nitrogen and oxygen atoms in total. The summed E-state index contributed by atoms with van der Waals surface area (Å²) in [5, 5.41) is 19.1. The lowest BCUT2D eigenvalue weighted by molar-refractivity contribution is -0.150. The average Bonchev–Trinajstić information content (AvgIpc) is 3.16. The summed E-state index contributed by atoms with van der Waals surface area (Å²) in [6, 6.07) is -0.917. The number of carboxylic acid groups (broad SMARTS) is 1. The number of nitrogens with one attached hydrogen (secondary N) is 2. The Morgan fingerprint density at radius 1 is 1.52 bits per heavy atom. The van der Waals surface area contributed by atoms with E-state index in [-0.39, 0.29) is 34.7 Å². The van der Waals surface area contributed by atoms with Crippen molar-refractivity contribution in [2.45, 2.75) is 11.4 Å². The van der Waals surface area contributed by atoms with Gasteiger partial charge in [-0.1, -0.05) is 5.16 Å². The van der Waals surface area contributed by atoms with Crippen molar-refractivity contribution in [2.24, 2.45) is 5.16 Å². The maximum Gasteiger partial charge on any atom is 0.352 e. The molecule has 0 spiro atoms. The van der Waals surface area contributed by atoms with Crippen LogP contribution in [-0.2, 0) is 24.0 Å². The molecule has 3 heterocycles. The van der Waals surface area contributed by atoms with E-state index in [1.54, 1.807) is 0 Å². The van der Waals surface area contributed by atoms with E-state index < -0.39 is 29.2 Å². The summed E-state index contributed by atoms with van der Waals surface area (Å²) in [5.74, 6) is -1.93. The molecule has 0 aliphatic carbocycles. The molecule has 1 saturated heterocycles. The Balaban J connectivity index is 1.76. The standard InChI is InChI=1S/C15H14ClN5O6S2/c16-2-3-27-20-9(7-5-29-15(18-7)17-6-22)11(23)19-10-12(24)21-8(14(25)26)1-4-28-13(10)21/h1,5-6,10,13H,2-4H2,(H,19,23)(H,25,26)(H,17,18,22)/t10?,13-/m0/s1. The lowest BCUT2D eigenvalue weighted by atomic mass is 10.0. The fourth-order valence-electron chi connectivity index (χ4n) is 2.60. The van der Waals surface area contributed by atoms with E-state index >= 15 is 0 Å². The van der Waals surface area contributed by atoms with Gasteiger partial charge in [0, 0.05) is 11.1 Å². The number of alkyl halides is 1. The third-order valence-electron chi connectivity index (χ3n) is 3.82. The summed E-state index contributed by atoms with van der Waals surface area (Å²) in [5.41, 5.74) is -0.170. The number of carbonyl (C=O) groups is 4. The molecule has 0 bridgehead atoms. The van der Waals surface area contributed by atoms with Gasteiger partial charge in [0.25, 0.3) is 11.8 Å². The van der Waals surface area contributed by atoms with Gasteiger partial charge in [-0.15, -0.1) is 34.7 Å². The number of anilines is 1. The van der Waals surface area contributed by atoms with E-state index in [2.05, 4.69) is 20.8 Å². The number of thiazole rings is 1. The molecular formula is C15H14ClN5O6S2. The first-order valence-corrected chi connectivity index (χ1v) is 10.5. The minimum absolute atomic E-state index is 0.0449. The van der Waals surface area contributed by atoms with Crippen molar-refractivity contribution in [3.05, 3.63) is 22.8 Å². The second-order valence-corrected chi connectivity index (χ2v) is 7.93. The monoisotopic (exact) mass is 459 g/mol. The summed E-state index contributed by atoms with van der Waals surface area (Å²) < 4.78 is 0. The van der Waals surface area contributed by atoms with Crippen LogP contribution in [0.15, 0.2) is 22.3 Å². The number of aromatic nitrogens is 1. The van der Waals surface area contributed by atoms with E-state index in [0.29, 0.717) is 12.2 Å². The Morgan fingerprint density at radius 3 is 3.00 bits per heavy atom. The van der Waals surface area contributed by atoms with Crippen LogP contribution in [0, 0.1) is 0 Å². The molecule has 3 N–H and O–H groups in total. The van der Waals surface area contributed by atoms with Gasteiger partial charge in [0.05, 0.1) is 5.88 Å². The summed E-state index contributed by atoms with van der Waals surface area (Å²) >= 11 is 7.94. The third-order valence-corrected chi connectivity index (χ3v) is 5.93. The highest BCUT2D eigenvalue weighted by atomic mass is 35.5. The zero-order chi connectivity index (χ0) is 21.0. The van der Waals surface area contributed by atoms with E-state index in [9.17, 15) is 24.3 Å². The van der Waals surface area contributed by atoms with Crippen molar-refractivity contribution in [3.63, 3.8) is 0 Å². The van der Waals surface area contributed by atoms with Crippen LogP contribution in [0.1, 0.15) is 5.69 Å². The van der Waals surface area contributed by atoms with Gasteiger partial charge in [0.2, 0.25) is 6.41 Å². The predicted octanol–water partition coefficient (Wildman–Crippen LogP) is 0.0393. The topological polar surface area (TPSA) is 150 Å². The number of fused-ring (bicyclic) bond motifs is 1. The Morgan fingerprint density at radius 2 is 2.31 bits per heavy atom. The van der Waals surface area contributed by atoms with Gasteiger partial charge in [-0.3, -0.25) is 19.3 Å². The van der Waals surface area contributed by atoms with E-state index in [1.807, 2.05) is 0 Å². The number of aliphatic carboxylic acids is 1. The quantitative estimate of drug-likeness (QED) is 0.117. The maximum atomic E-state index is 12.8. The van der Waals surface area contributed by atoms with Gasteiger partial charge < -0.3 is 20.6 Å². The fourth-order valence-corrected chi connectivity index (χ4v) is 4.51.